The predicted octanol–water partition coefficient (Wildman–Crippen LogP) is 2.79. The normalized spacial score (nSPS) is 16.7. The summed E-state index contributed by atoms with van der Waals surface area (Å²) >= 11 is 0. The predicted molar refractivity (Wildman–Crippen MR) is 112 cm³/mol. The number of amides is 2. The molecule has 1 unspecified atom stereocenters. The van der Waals surface area contributed by atoms with Crippen molar-refractivity contribution in [2.75, 3.05) is 6.54 Å². The van der Waals surface area contributed by atoms with Gasteiger partial charge in [0.1, 0.15) is 0 Å². The van der Waals surface area contributed by atoms with E-state index in [1.165, 1.54) is 19.0 Å². The Labute approximate surface area is 179 Å². The second-order valence-electron chi connectivity index (χ2n) is 8.37. The molecule has 0 aliphatic heterocycles. The Morgan fingerprint density at radius 1 is 1.19 bits per heavy atom. The molecule has 2 aliphatic rings. The van der Waals surface area contributed by atoms with E-state index in [1.807, 2.05) is 31.2 Å². The molecule has 9 heteroatoms. The van der Waals surface area contributed by atoms with Crippen LogP contribution < -0.4 is 10.6 Å². The second kappa shape index (κ2) is 7.98. The van der Waals surface area contributed by atoms with Crippen LogP contribution in [-0.4, -0.2) is 44.6 Å². The number of oxazole rings is 1. The molecule has 0 radical (unpaired) electrons. The first-order valence-electron chi connectivity index (χ1n) is 10.6. The van der Waals surface area contributed by atoms with Crippen LogP contribution in [0.1, 0.15) is 53.8 Å². The van der Waals surface area contributed by atoms with E-state index in [0.717, 1.165) is 12.8 Å². The third-order valence-electron chi connectivity index (χ3n) is 5.73. The van der Waals surface area contributed by atoms with Gasteiger partial charge >= 0.3 is 0 Å². The van der Waals surface area contributed by atoms with Gasteiger partial charge in [0.15, 0.2) is 5.82 Å². The van der Waals surface area contributed by atoms with Crippen molar-refractivity contribution in [2.45, 2.75) is 38.6 Å². The van der Waals surface area contributed by atoms with Gasteiger partial charge in [0.25, 0.3) is 11.8 Å². The van der Waals surface area contributed by atoms with Crippen LogP contribution in [-0.2, 0) is 0 Å². The third-order valence-corrected chi connectivity index (χ3v) is 5.73. The Bertz CT molecular complexity index is 1110. The minimum Gasteiger partial charge on any atom is -0.431 e. The molecular formula is C22H24N6O3. The van der Waals surface area contributed by atoms with Crippen molar-refractivity contribution in [3.63, 3.8) is 0 Å². The largest absolute Gasteiger partial charge is 0.431 e. The van der Waals surface area contributed by atoms with Gasteiger partial charge in [0.05, 0.1) is 6.20 Å². The Hall–Kier alpha value is -3.49. The zero-order chi connectivity index (χ0) is 21.4. The lowest BCUT2D eigenvalue weighted by atomic mass is 10.1. The first kappa shape index (κ1) is 19.5. The molecule has 2 aromatic heterocycles. The molecule has 5 rings (SSSR count). The van der Waals surface area contributed by atoms with E-state index in [1.54, 1.807) is 0 Å². The number of H-pyrrole nitrogens is 1. The molecule has 2 fully saturated rings. The van der Waals surface area contributed by atoms with Gasteiger partial charge in [-0.05, 0) is 56.6 Å². The highest BCUT2D eigenvalue weighted by Crippen LogP contribution is 2.32. The fourth-order valence-corrected chi connectivity index (χ4v) is 3.43. The van der Waals surface area contributed by atoms with E-state index in [4.69, 9.17) is 4.42 Å². The number of nitrogens with one attached hydrogen (secondary N) is 3. The average Bonchev–Trinajstić information content (AvgIpc) is 3.70. The zero-order valence-electron chi connectivity index (χ0n) is 17.2. The minimum absolute atomic E-state index is 0.130. The van der Waals surface area contributed by atoms with Gasteiger partial charge < -0.3 is 15.1 Å². The smallest absolute Gasteiger partial charge is 0.288 e. The maximum Gasteiger partial charge on any atom is 0.288 e. The highest BCUT2D eigenvalue weighted by atomic mass is 16.4. The summed E-state index contributed by atoms with van der Waals surface area (Å²) in [5.74, 6) is 1.74. The number of aromatic amines is 1. The zero-order valence-corrected chi connectivity index (χ0v) is 17.2. The number of aromatic nitrogens is 4. The fraction of sp³-hybridized carbons (Fsp3) is 0.409. The van der Waals surface area contributed by atoms with E-state index in [0.29, 0.717) is 41.2 Å². The average molecular weight is 420 g/mol. The SMILES string of the molecule is CC(NC(=O)c1cnc(-c2cccc(-c3n[nH]c(C(=O)NCC4CC4)n3)c2)o1)C1CC1. The third kappa shape index (κ3) is 4.50. The standard InChI is InChI=1S/C22H24N6O3/c1-12(14-7-8-14)25-20(29)17-11-24-22(31-17)16-4-2-3-15(9-16)18-26-19(28-27-18)21(30)23-10-13-5-6-13/h2-4,9,11-14H,5-8,10H2,1H3,(H,23,30)(H,25,29)(H,26,27,28). The maximum atomic E-state index is 12.4. The molecule has 2 amide bonds. The van der Waals surface area contributed by atoms with Gasteiger partial charge in [-0.1, -0.05) is 12.1 Å². The number of rotatable bonds is 8. The van der Waals surface area contributed by atoms with E-state index in [-0.39, 0.29) is 29.4 Å². The molecule has 2 saturated carbocycles. The molecule has 0 bridgehead atoms. The lowest BCUT2D eigenvalue weighted by molar-refractivity contribution is 0.0907. The Kier molecular flexibility index (Phi) is 5.01. The summed E-state index contributed by atoms with van der Waals surface area (Å²) in [6.07, 6.45) is 6.07. The van der Waals surface area contributed by atoms with Crippen LogP contribution in [0.25, 0.3) is 22.8 Å². The van der Waals surface area contributed by atoms with Crippen LogP contribution in [0.4, 0.5) is 0 Å². The van der Waals surface area contributed by atoms with Crippen LogP contribution in [0, 0.1) is 11.8 Å². The molecule has 9 nitrogen and oxygen atoms in total. The summed E-state index contributed by atoms with van der Waals surface area (Å²) < 4.78 is 5.69. The molecule has 0 spiro atoms. The van der Waals surface area contributed by atoms with Crippen LogP contribution in [0.15, 0.2) is 34.9 Å². The van der Waals surface area contributed by atoms with Crippen LogP contribution in [0.5, 0.6) is 0 Å². The number of nitrogens with zero attached hydrogens (tertiary/aromatic N) is 3. The van der Waals surface area contributed by atoms with E-state index >= 15 is 0 Å². The molecule has 160 valence electrons. The topological polar surface area (TPSA) is 126 Å². The van der Waals surface area contributed by atoms with Gasteiger partial charge in [-0.15, -0.1) is 0 Å². The highest BCUT2D eigenvalue weighted by Gasteiger charge is 2.30. The van der Waals surface area contributed by atoms with Gasteiger partial charge in [-0.3, -0.25) is 14.7 Å². The van der Waals surface area contributed by atoms with E-state index in [2.05, 4.69) is 30.8 Å². The summed E-state index contributed by atoms with van der Waals surface area (Å²) in [6.45, 7) is 2.68. The minimum atomic E-state index is -0.259. The monoisotopic (exact) mass is 420 g/mol. The number of carbonyl (C=O) groups is 2. The van der Waals surface area contributed by atoms with Crippen molar-refractivity contribution in [3.05, 3.63) is 42.0 Å². The van der Waals surface area contributed by atoms with Crippen molar-refractivity contribution in [1.29, 1.82) is 0 Å². The quantitative estimate of drug-likeness (QED) is 0.514. The van der Waals surface area contributed by atoms with Crippen molar-refractivity contribution >= 4 is 11.8 Å². The lowest BCUT2D eigenvalue weighted by Gasteiger charge is -2.10. The van der Waals surface area contributed by atoms with E-state index in [9.17, 15) is 9.59 Å². The Balaban J connectivity index is 1.28. The van der Waals surface area contributed by atoms with Crippen molar-refractivity contribution in [2.24, 2.45) is 11.8 Å². The Morgan fingerprint density at radius 3 is 2.77 bits per heavy atom. The molecule has 1 aromatic carbocycles. The molecule has 2 aliphatic carbocycles. The molecular weight excluding hydrogens is 396 g/mol. The van der Waals surface area contributed by atoms with Crippen molar-refractivity contribution in [1.82, 2.24) is 30.8 Å². The first-order chi connectivity index (χ1) is 15.1. The molecule has 3 aromatic rings. The summed E-state index contributed by atoms with van der Waals surface area (Å²) in [5, 5.41) is 12.7. The molecule has 0 saturated heterocycles. The number of hydrogen-bond acceptors (Lipinski definition) is 6. The Morgan fingerprint density at radius 2 is 2.00 bits per heavy atom. The van der Waals surface area contributed by atoms with Crippen LogP contribution >= 0.6 is 0 Å². The lowest BCUT2D eigenvalue weighted by Crippen LogP contribution is -2.33. The number of carbonyl (C=O) groups excluding carboxylic acids is 2. The second-order valence-corrected chi connectivity index (χ2v) is 8.37. The maximum absolute atomic E-state index is 12.4. The number of hydrogen-bond donors (Lipinski definition) is 3. The van der Waals surface area contributed by atoms with Gasteiger partial charge in [0.2, 0.25) is 17.5 Å². The molecule has 31 heavy (non-hydrogen) atoms. The molecule has 3 N–H and O–H groups in total. The van der Waals surface area contributed by atoms with Crippen LogP contribution in [0.2, 0.25) is 0 Å². The van der Waals surface area contributed by atoms with Crippen molar-refractivity contribution in [3.8, 4) is 22.8 Å². The van der Waals surface area contributed by atoms with Crippen LogP contribution in [0.3, 0.4) is 0 Å². The molecule has 2 heterocycles. The molecule has 1 atom stereocenters. The van der Waals surface area contributed by atoms with Gasteiger partial charge in [0, 0.05) is 23.7 Å². The summed E-state index contributed by atoms with van der Waals surface area (Å²) in [7, 11) is 0. The summed E-state index contributed by atoms with van der Waals surface area (Å²) in [4.78, 5) is 33.1. The van der Waals surface area contributed by atoms with Gasteiger partial charge in [-0.2, -0.15) is 5.10 Å². The van der Waals surface area contributed by atoms with Gasteiger partial charge in [-0.25, -0.2) is 9.97 Å². The fourth-order valence-electron chi connectivity index (χ4n) is 3.43. The first-order valence-corrected chi connectivity index (χ1v) is 10.6. The summed E-state index contributed by atoms with van der Waals surface area (Å²) in [6, 6.07) is 7.44. The van der Waals surface area contributed by atoms with E-state index < -0.39 is 0 Å². The number of benzene rings is 1. The summed E-state index contributed by atoms with van der Waals surface area (Å²) in [5.41, 5.74) is 1.40. The highest BCUT2D eigenvalue weighted by molar-refractivity contribution is 5.92. The van der Waals surface area contributed by atoms with Crippen molar-refractivity contribution < 1.29 is 14.0 Å².